The molecule has 21 heavy (non-hydrogen) atoms. The van der Waals surface area contributed by atoms with Crippen LogP contribution in [0.2, 0.25) is 0 Å². The predicted molar refractivity (Wildman–Crippen MR) is 71.8 cm³/mol. The summed E-state index contributed by atoms with van der Waals surface area (Å²) >= 11 is 0. The monoisotopic (exact) mass is 290 g/mol. The van der Waals surface area contributed by atoms with Crippen molar-refractivity contribution in [1.82, 2.24) is 0 Å². The summed E-state index contributed by atoms with van der Waals surface area (Å²) in [5.41, 5.74) is 0.338. The molecule has 3 nitrogen and oxygen atoms in total. The lowest BCUT2D eigenvalue weighted by Gasteiger charge is -2.20. The highest BCUT2D eigenvalue weighted by atomic mass is 19.1. The number of carbonyl (C=O) groups excluding carboxylic acids is 1. The van der Waals surface area contributed by atoms with Gasteiger partial charge in [0.15, 0.2) is 17.3 Å². The molecule has 0 radical (unpaired) electrons. The molecular weight excluding hydrogens is 278 g/mol. The van der Waals surface area contributed by atoms with Gasteiger partial charge in [-0.25, -0.2) is 8.78 Å². The van der Waals surface area contributed by atoms with E-state index in [0.717, 1.165) is 18.2 Å². The first-order chi connectivity index (χ1) is 10.1. The number of rotatable bonds is 3. The van der Waals surface area contributed by atoms with Gasteiger partial charge in [0.1, 0.15) is 24.8 Å². The number of benzene rings is 2. The van der Waals surface area contributed by atoms with E-state index in [0.29, 0.717) is 30.3 Å². The molecule has 0 aliphatic carbocycles. The van der Waals surface area contributed by atoms with Gasteiger partial charge in [-0.15, -0.1) is 0 Å². The molecule has 0 unspecified atom stereocenters. The maximum atomic E-state index is 13.6. The first-order valence-electron chi connectivity index (χ1n) is 6.51. The molecule has 1 aliphatic heterocycles. The number of ether oxygens (including phenoxy) is 2. The first-order valence-corrected chi connectivity index (χ1v) is 6.51. The van der Waals surface area contributed by atoms with E-state index in [4.69, 9.17) is 9.47 Å². The molecule has 2 aromatic carbocycles. The molecule has 0 aromatic heterocycles. The average molecular weight is 290 g/mol. The van der Waals surface area contributed by atoms with Gasteiger partial charge in [-0.3, -0.25) is 4.79 Å². The van der Waals surface area contributed by atoms with Crippen LogP contribution in [0, 0.1) is 11.6 Å². The molecule has 0 atom stereocenters. The van der Waals surface area contributed by atoms with Crippen LogP contribution in [0.4, 0.5) is 8.78 Å². The Bertz CT molecular complexity index is 698. The van der Waals surface area contributed by atoms with Gasteiger partial charge >= 0.3 is 0 Å². The SMILES string of the molecule is O=C(Cc1cc(F)ccc1F)c1cccc2c1OCCO2. The van der Waals surface area contributed by atoms with Crippen LogP contribution in [-0.2, 0) is 6.42 Å². The largest absolute Gasteiger partial charge is 0.486 e. The number of hydrogen-bond acceptors (Lipinski definition) is 3. The van der Waals surface area contributed by atoms with Gasteiger partial charge in [0, 0.05) is 6.42 Å². The number of fused-ring (bicyclic) bond motifs is 1. The fourth-order valence-corrected chi connectivity index (χ4v) is 2.24. The molecular formula is C16H12F2O3. The molecule has 1 heterocycles. The summed E-state index contributed by atoms with van der Waals surface area (Å²) in [4.78, 5) is 12.3. The highest BCUT2D eigenvalue weighted by molar-refractivity contribution is 6.00. The van der Waals surface area contributed by atoms with Crippen LogP contribution in [0.1, 0.15) is 15.9 Å². The third-order valence-corrected chi connectivity index (χ3v) is 3.23. The van der Waals surface area contributed by atoms with Crippen LogP contribution in [0.3, 0.4) is 0 Å². The summed E-state index contributed by atoms with van der Waals surface area (Å²) in [5, 5.41) is 0. The quantitative estimate of drug-likeness (QED) is 0.815. The summed E-state index contributed by atoms with van der Waals surface area (Å²) in [6.07, 6.45) is -0.233. The van der Waals surface area contributed by atoms with E-state index >= 15 is 0 Å². The van der Waals surface area contributed by atoms with Gasteiger partial charge in [0.25, 0.3) is 0 Å². The number of hydrogen-bond donors (Lipinski definition) is 0. The van der Waals surface area contributed by atoms with E-state index in [1.165, 1.54) is 0 Å². The number of Topliss-reactive ketones (excluding diaryl/α,β-unsaturated/α-hetero) is 1. The van der Waals surface area contributed by atoms with Crippen LogP contribution >= 0.6 is 0 Å². The molecule has 0 bridgehead atoms. The fourth-order valence-electron chi connectivity index (χ4n) is 2.24. The Labute approximate surface area is 120 Å². The average Bonchev–Trinajstić information content (AvgIpc) is 2.50. The molecule has 0 spiro atoms. The lowest BCUT2D eigenvalue weighted by Crippen LogP contribution is -2.18. The molecule has 108 valence electrons. The van der Waals surface area contributed by atoms with Gasteiger partial charge in [-0.2, -0.15) is 0 Å². The normalized spacial score (nSPS) is 13.0. The zero-order valence-electron chi connectivity index (χ0n) is 11.1. The van der Waals surface area contributed by atoms with Gasteiger partial charge in [0.2, 0.25) is 0 Å². The van der Waals surface area contributed by atoms with E-state index in [9.17, 15) is 13.6 Å². The smallest absolute Gasteiger partial charge is 0.172 e. The second-order valence-corrected chi connectivity index (χ2v) is 4.67. The predicted octanol–water partition coefficient (Wildman–Crippen LogP) is 3.16. The zero-order valence-corrected chi connectivity index (χ0v) is 11.1. The highest BCUT2D eigenvalue weighted by Crippen LogP contribution is 2.34. The Morgan fingerprint density at radius 2 is 1.90 bits per heavy atom. The van der Waals surface area contributed by atoms with E-state index in [1.54, 1.807) is 18.2 Å². The molecule has 2 aromatic rings. The van der Waals surface area contributed by atoms with Gasteiger partial charge in [-0.05, 0) is 35.9 Å². The second-order valence-electron chi connectivity index (χ2n) is 4.67. The standard InChI is InChI=1S/C16H12F2O3/c17-11-4-5-13(18)10(8-11)9-14(19)12-2-1-3-15-16(12)21-7-6-20-15/h1-5,8H,6-7,9H2. The minimum absolute atomic E-state index is 0.0225. The molecule has 5 heteroatoms. The van der Waals surface area contributed by atoms with Crippen molar-refractivity contribution in [2.24, 2.45) is 0 Å². The molecule has 0 N–H and O–H groups in total. The minimum Gasteiger partial charge on any atom is -0.486 e. The Balaban J connectivity index is 1.91. The maximum absolute atomic E-state index is 13.6. The number of carbonyl (C=O) groups is 1. The van der Waals surface area contributed by atoms with Gasteiger partial charge in [-0.1, -0.05) is 6.07 Å². The van der Waals surface area contributed by atoms with Gasteiger partial charge in [0.05, 0.1) is 5.56 Å². The topological polar surface area (TPSA) is 35.5 Å². The molecule has 0 fully saturated rings. The van der Waals surface area contributed by atoms with E-state index in [1.807, 2.05) is 0 Å². The van der Waals surface area contributed by atoms with E-state index < -0.39 is 11.6 Å². The second kappa shape index (κ2) is 5.52. The van der Waals surface area contributed by atoms with Crippen molar-refractivity contribution in [1.29, 1.82) is 0 Å². The lowest BCUT2D eigenvalue weighted by molar-refractivity contribution is 0.0980. The molecule has 1 aliphatic rings. The van der Waals surface area contributed by atoms with Crippen LogP contribution in [-0.4, -0.2) is 19.0 Å². The van der Waals surface area contributed by atoms with E-state index in [2.05, 4.69) is 0 Å². The molecule has 0 saturated heterocycles. The maximum Gasteiger partial charge on any atom is 0.172 e. The van der Waals surface area contributed by atoms with Gasteiger partial charge < -0.3 is 9.47 Å². The van der Waals surface area contributed by atoms with Crippen molar-refractivity contribution in [3.63, 3.8) is 0 Å². The van der Waals surface area contributed by atoms with Crippen molar-refractivity contribution in [2.75, 3.05) is 13.2 Å². The zero-order chi connectivity index (χ0) is 14.8. The van der Waals surface area contributed by atoms with Crippen molar-refractivity contribution < 1.29 is 23.0 Å². The third kappa shape index (κ3) is 2.72. The highest BCUT2D eigenvalue weighted by Gasteiger charge is 2.21. The summed E-state index contributed by atoms with van der Waals surface area (Å²) < 4.78 is 37.6. The van der Waals surface area contributed by atoms with Crippen molar-refractivity contribution >= 4 is 5.78 Å². The van der Waals surface area contributed by atoms with Crippen LogP contribution in [0.5, 0.6) is 11.5 Å². The third-order valence-electron chi connectivity index (χ3n) is 3.23. The van der Waals surface area contributed by atoms with Crippen LogP contribution in [0.25, 0.3) is 0 Å². The van der Waals surface area contributed by atoms with Crippen molar-refractivity contribution in [3.8, 4) is 11.5 Å². The number of ketones is 1. The van der Waals surface area contributed by atoms with Crippen LogP contribution < -0.4 is 9.47 Å². The number of halogens is 2. The Morgan fingerprint density at radius 3 is 2.76 bits per heavy atom. The Morgan fingerprint density at radius 1 is 1.10 bits per heavy atom. The molecule has 0 saturated carbocycles. The van der Waals surface area contributed by atoms with E-state index in [-0.39, 0.29) is 17.8 Å². The van der Waals surface area contributed by atoms with Crippen molar-refractivity contribution in [2.45, 2.75) is 6.42 Å². The van der Waals surface area contributed by atoms with Crippen LogP contribution in [0.15, 0.2) is 36.4 Å². The number of para-hydroxylation sites is 1. The Kier molecular flexibility index (Phi) is 3.56. The van der Waals surface area contributed by atoms with Crippen molar-refractivity contribution in [3.05, 3.63) is 59.2 Å². The molecule has 3 rings (SSSR count). The minimum atomic E-state index is -0.605. The fraction of sp³-hybridized carbons (Fsp3) is 0.188. The lowest BCUT2D eigenvalue weighted by atomic mass is 10.0. The Hall–Kier alpha value is -2.43. The summed E-state index contributed by atoms with van der Waals surface area (Å²) in [6, 6.07) is 8.02. The summed E-state index contributed by atoms with van der Waals surface area (Å²) in [7, 11) is 0. The summed E-state index contributed by atoms with van der Waals surface area (Å²) in [6.45, 7) is 0.773. The molecule has 0 amide bonds. The summed E-state index contributed by atoms with van der Waals surface area (Å²) in [5.74, 6) is -0.667. The first kappa shape index (κ1) is 13.5.